The van der Waals surface area contributed by atoms with Crippen molar-refractivity contribution in [1.82, 2.24) is 20.1 Å². The van der Waals surface area contributed by atoms with E-state index in [1.54, 1.807) is 25.4 Å². The van der Waals surface area contributed by atoms with Gasteiger partial charge in [0.25, 0.3) is 11.8 Å². The minimum Gasteiger partial charge on any atom is -0.338 e. The molecule has 9 heteroatoms. The number of carbonyl (C=O) groups excluding carboxylic acids is 2. The molecule has 5 rings (SSSR count). The summed E-state index contributed by atoms with van der Waals surface area (Å²) in [6.45, 7) is 2.21. The molecule has 1 aromatic carbocycles. The van der Waals surface area contributed by atoms with Crippen molar-refractivity contribution in [1.29, 1.82) is 0 Å². The van der Waals surface area contributed by atoms with E-state index in [0.717, 1.165) is 11.8 Å². The summed E-state index contributed by atoms with van der Waals surface area (Å²) in [5.41, 5.74) is 1.31. The lowest BCUT2D eigenvalue weighted by atomic mass is 10.1. The van der Waals surface area contributed by atoms with Crippen LogP contribution in [0.25, 0.3) is 0 Å². The quantitative estimate of drug-likeness (QED) is 0.681. The zero-order valence-electron chi connectivity index (χ0n) is 17.5. The molecule has 1 unspecified atom stereocenters. The van der Waals surface area contributed by atoms with Gasteiger partial charge in [-0.1, -0.05) is 25.1 Å². The van der Waals surface area contributed by atoms with Crippen molar-refractivity contribution in [2.45, 2.75) is 25.4 Å². The molecule has 2 amide bonds. The fraction of sp³-hybridized carbons (Fsp3) is 0.304. The molecule has 7 nitrogen and oxygen atoms in total. The summed E-state index contributed by atoms with van der Waals surface area (Å²) in [5, 5.41) is 6.77. The van der Waals surface area contributed by atoms with Gasteiger partial charge in [0.1, 0.15) is 17.7 Å². The fourth-order valence-electron chi connectivity index (χ4n) is 4.70. The zero-order chi connectivity index (χ0) is 22.6. The number of aromatic nitrogens is 3. The normalized spacial score (nSPS) is 23.9. The van der Waals surface area contributed by atoms with Gasteiger partial charge in [0.2, 0.25) is 0 Å². The number of anilines is 1. The number of amides is 2. The molecule has 1 aliphatic carbocycles. The van der Waals surface area contributed by atoms with Crippen LogP contribution in [0.5, 0.6) is 0 Å². The van der Waals surface area contributed by atoms with Gasteiger partial charge in [-0.15, -0.1) is 0 Å². The molecule has 1 saturated carbocycles. The van der Waals surface area contributed by atoms with E-state index in [1.807, 2.05) is 19.1 Å². The number of likely N-dealkylation sites (N-methyl/N-ethyl adjacent to an activating group) is 1. The first-order valence-corrected chi connectivity index (χ1v) is 10.4. The number of halogens is 2. The number of benzene rings is 1. The van der Waals surface area contributed by atoms with Crippen molar-refractivity contribution in [3.63, 3.8) is 0 Å². The minimum atomic E-state index is -0.802. The van der Waals surface area contributed by atoms with Crippen LogP contribution < -0.4 is 10.2 Å². The molecule has 4 atom stereocenters. The van der Waals surface area contributed by atoms with Crippen LogP contribution in [-0.4, -0.2) is 39.7 Å². The summed E-state index contributed by atoms with van der Waals surface area (Å²) in [6.07, 6.45) is 2.74. The maximum absolute atomic E-state index is 14.5. The second-order valence-electron chi connectivity index (χ2n) is 8.38. The molecule has 0 saturated heterocycles. The van der Waals surface area contributed by atoms with Crippen molar-refractivity contribution in [2.24, 2.45) is 11.8 Å². The molecule has 1 aliphatic heterocycles. The molecule has 2 aromatic heterocycles. The highest BCUT2D eigenvalue weighted by Gasteiger charge is 2.58. The number of pyridine rings is 1. The van der Waals surface area contributed by atoms with Crippen molar-refractivity contribution in [2.75, 3.05) is 11.9 Å². The van der Waals surface area contributed by atoms with Gasteiger partial charge in [0.05, 0.1) is 12.7 Å². The van der Waals surface area contributed by atoms with Crippen LogP contribution in [0.4, 0.5) is 14.6 Å². The SMILES string of the molecule is C[C@@H]1C2[C@H](NC(=O)c3nn(Cc4ccc(F)cc4)cc3F)C(=O)N(C)c3ncccc3[C@@H]21. The lowest BCUT2D eigenvalue weighted by Crippen LogP contribution is -2.49. The smallest absolute Gasteiger partial charge is 0.275 e. The molecule has 32 heavy (non-hydrogen) atoms. The van der Waals surface area contributed by atoms with Gasteiger partial charge in [-0.3, -0.25) is 19.2 Å². The molecule has 0 spiro atoms. The minimum absolute atomic E-state index is 0.0938. The Balaban J connectivity index is 1.37. The summed E-state index contributed by atoms with van der Waals surface area (Å²) in [5.74, 6) is -1.43. The molecule has 164 valence electrons. The van der Waals surface area contributed by atoms with Crippen LogP contribution in [0.3, 0.4) is 0 Å². The summed E-state index contributed by atoms with van der Waals surface area (Å²) >= 11 is 0. The zero-order valence-corrected chi connectivity index (χ0v) is 17.5. The highest BCUT2D eigenvalue weighted by Crippen LogP contribution is 2.58. The Morgan fingerprint density at radius 1 is 1.19 bits per heavy atom. The van der Waals surface area contributed by atoms with Crippen LogP contribution in [0.15, 0.2) is 48.8 Å². The van der Waals surface area contributed by atoms with Crippen LogP contribution in [0.2, 0.25) is 0 Å². The van der Waals surface area contributed by atoms with Crippen LogP contribution in [0, 0.1) is 23.5 Å². The van der Waals surface area contributed by atoms with Crippen molar-refractivity contribution in [3.05, 3.63) is 77.2 Å². The largest absolute Gasteiger partial charge is 0.338 e. The topological polar surface area (TPSA) is 80.1 Å². The first kappa shape index (κ1) is 20.3. The van der Waals surface area contributed by atoms with E-state index < -0.39 is 17.8 Å². The third kappa shape index (κ3) is 3.34. The van der Waals surface area contributed by atoms with Crippen LogP contribution in [-0.2, 0) is 11.3 Å². The summed E-state index contributed by atoms with van der Waals surface area (Å²) in [4.78, 5) is 31.8. The number of hydrogen-bond acceptors (Lipinski definition) is 4. The molecule has 2 aliphatic rings. The molecular weight excluding hydrogens is 416 g/mol. The Morgan fingerprint density at radius 2 is 1.94 bits per heavy atom. The van der Waals surface area contributed by atoms with Gasteiger partial charge in [0.15, 0.2) is 11.5 Å². The van der Waals surface area contributed by atoms with Gasteiger partial charge in [-0.05, 0) is 47.1 Å². The van der Waals surface area contributed by atoms with Crippen molar-refractivity contribution in [3.8, 4) is 0 Å². The van der Waals surface area contributed by atoms with Gasteiger partial charge >= 0.3 is 0 Å². The number of carbonyl (C=O) groups is 2. The highest BCUT2D eigenvalue weighted by atomic mass is 19.1. The number of fused-ring (bicyclic) bond motifs is 3. The molecule has 3 aromatic rings. The Morgan fingerprint density at radius 3 is 2.69 bits per heavy atom. The summed E-state index contributed by atoms with van der Waals surface area (Å²) in [6, 6.07) is 8.72. The third-order valence-electron chi connectivity index (χ3n) is 6.40. The number of hydrogen-bond donors (Lipinski definition) is 1. The molecular formula is C23H21F2N5O2. The standard InChI is InChI=1S/C23H21F2N5O2/c1-12-17-15-4-3-9-26-21(15)29(2)23(32)20(18(12)17)27-22(31)19-16(25)11-30(28-19)10-13-5-7-14(24)8-6-13/h3-9,11-12,17-18,20H,10H2,1-2H3,(H,27,31)/t12-,17-,18?,20-/m0/s1. The first-order chi connectivity index (χ1) is 15.3. The summed E-state index contributed by atoms with van der Waals surface area (Å²) < 4.78 is 28.9. The van der Waals surface area contributed by atoms with E-state index in [2.05, 4.69) is 15.4 Å². The van der Waals surface area contributed by atoms with Gasteiger partial charge < -0.3 is 5.32 Å². The average molecular weight is 437 g/mol. The van der Waals surface area contributed by atoms with E-state index in [4.69, 9.17) is 0 Å². The second kappa shape index (κ2) is 7.51. The van der Waals surface area contributed by atoms with E-state index >= 15 is 0 Å². The molecule has 1 fully saturated rings. The van der Waals surface area contributed by atoms with Crippen LogP contribution >= 0.6 is 0 Å². The predicted molar refractivity (Wildman–Crippen MR) is 112 cm³/mol. The predicted octanol–water partition coefficient (Wildman–Crippen LogP) is 2.73. The maximum atomic E-state index is 14.5. The molecule has 1 N–H and O–H groups in total. The van der Waals surface area contributed by atoms with Gasteiger partial charge in [0, 0.05) is 13.2 Å². The lowest BCUT2D eigenvalue weighted by Gasteiger charge is -2.23. The van der Waals surface area contributed by atoms with Crippen LogP contribution in [0.1, 0.15) is 34.5 Å². The van der Waals surface area contributed by atoms with E-state index in [-0.39, 0.29) is 41.7 Å². The van der Waals surface area contributed by atoms with Gasteiger partial charge in [-0.2, -0.15) is 5.10 Å². The Bertz CT molecular complexity index is 1210. The van der Waals surface area contributed by atoms with E-state index in [1.165, 1.54) is 21.7 Å². The first-order valence-electron chi connectivity index (χ1n) is 10.4. The van der Waals surface area contributed by atoms with Crippen molar-refractivity contribution >= 4 is 17.6 Å². The molecule has 0 radical (unpaired) electrons. The third-order valence-corrected chi connectivity index (χ3v) is 6.40. The Kier molecular flexibility index (Phi) is 4.76. The number of nitrogens with one attached hydrogen (secondary N) is 1. The Hall–Kier alpha value is -3.62. The fourth-order valence-corrected chi connectivity index (χ4v) is 4.70. The number of nitrogens with zero attached hydrogens (tertiary/aromatic N) is 4. The lowest BCUT2D eigenvalue weighted by molar-refractivity contribution is -0.120. The summed E-state index contributed by atoms with van der Waals surface area (Å²) in [7, 11) is 1.63. The van der Waals surface area contributed by atoms with E-state index in [0.29, 0.717) is 11.4 Å². The highest BCUT2D eigenvalue weighted by molar-refractivity contribution is 6.02. The second-order valence-corrected chi connectivity index (χ2v) is 8.38. The number of rotatable bonds is 4. The maximum Gasteiger partial charge on any atom is 0.275 e. The van der Waals surface area contributed by atoms with Gasteiger partial charge in [-0.25, -0.2) is 13.8 Å². The Labute approximate surface area is 183 Å². The molecule has 3 heterocycles. The van der Waals surface area contributed by atoms with Crippen molar-refractivity contribution < 1.29 is 18.4 Å². The van der Waals surface area contributed by atoms with E-state index in [9.17, 15) is 18.4 Å². The monoisotopic (exact) mass is 437 g/mol. The average Bonchev–Trinajstić information content (AvgIpc) is 3.32. The molecule has 0 bridgehead atoms.